The van der Waals surface area contributed by atoms with Crippen molar-refractivity contribution in [2.75, 3.05) is 32.8 Å². The van der Waals surface area contributed by atoms with Gasteiger partial charge in [0.25, 0.3) is 0 Å². The van der Waals surface area contributed by atoms with Gasteiger partial charge in [-0.15, -0.1) is 5.46 Å². The molecule has 1 amide bonds. The van der Waals surface area contributed by atoms with Gasteiger partial charge in [0, 0.05) is 42.2 Å². The summed E-state index contributed by atoms with van der Waals surface area (Å²) in [6, 6.07) is 16.5. The Morgan fingerprint density at radius 2 is 1.44 bits per heavy atom. The van der Waals surface area contributed by atoms with Gasteiger partial charge in [0.2, 0.25) is 0 Å². The van der Waals surface area contributed by atoms with E-state index < -0.39 is 12.4 Å². The number of nitrogens with zero attached hydrogens (tertiary/aromatic N) is 2. The number of benzene rings is 3. The SMILES string of the molecule is Cc1c(I)c(C)c([B-](F)(F)F)c(C)c1CN1CCN(C(=O)OCC2c3ccccc3-c3ccccc32)CC1.[K+]. The van der Waals surface area contributed by atoms with Gasteiger partial charge in [-0.25, -0.2) is 4.79 Å². The second kappa shape index (κ2) is 12.5. The van der Waals surface area contributed by atoms with Crippen molar-refractivity contribution in [2.45, 2.75) is 33.2 Å². The van der Waals surface area contributed by atoms with Crippen molar-refractivity contribution in [1.29, 1.82) is 0 Å². The predicted octanol–water partition coefficient (Wildman–Crippen LogP) is 3.34. The molecule has 3 aromatic rings. The van der Waals surface area contributed by atoms with Gasteiger partial charge in [0.1, 0.15) is 6.61 Å². The van der Waals surface area contributed by atoms with Crippen molar-refractivity contribution in [1.82, 2.24) is 9.80 Å². The van der Waals surface area contributed by atoms with E-state index >= 15 is 0 Å². The normalized spacial score (nSPS) is 15.5. The van der Waals surface area contributed by atoms with Crippen LogP contribution in [0.5, 0.6) is 0 Å². The summed E-state index contributed by atoms with van der Waals surface area (Å²) in [6.45, 7) is 2.79. The van der Waals surface area contributed by atoms with E-state index in [4.69, 9.17) is 4.74 Å². The van der Waals surface area contributed by atoms with Crippen LogP contribution in [0.15, 0.2) is 48.5 Å². The minimum Gasteiger partial charge on any atom is -0.448 e. The van der Waals surface area contributed by atoms with Crippen LogP contribution in [0.1, 0.15) is 39.3 Å². The van der Waals surface area contributed by atoms with Crippen molar-refractivity contribution in [3.8, 4) is 11.1 Å². The molecule has 0 unspecified atom stereocenters. The van der Waals surface area contributed by atoms with E-state index in [-0.39, 0.29) is 70.0 Å². The van der Waals surface area contributed by atoms with Gasteiger partial charge in [-0.05, 0) is 76.7 Å². The van der Waals surface area contributed by atoms with E-state index in [2.05, 4.69) is 29.2 Å². The number of carbonyl (C=O) groups excluding carboxylic acids is 1. The zero-order valence-corrected chi connectivity index (χ0v) is 28.0. The molecule has 0 spiro atoms. The molecule has 1 aliphatic heterocycles. The zero-order valence-electron chi connectivity index (χ0n) is 22.7. The van der Waals surface area contributed by atoms with Gasteiger partial charge in [0.15, 0.2) is 0 Å². The number of piperazine rings is 1. The van der Waals surface area contributed by atoms with Crippen LogP contribution in [0, 0.1) is 24.3 Å². The number of amides is 1. The molecule has 39 heavy (non-hydrogen) atoms. The maximum Gasteiger partial charge on any atom is 1.00 e. The van der Waals surface area contributed by atoms with Gasteiger partial charge in [0.05, 0.1) is 0 Å². The third-order valence-electron chi connectivity index (χ3n) is 8.05. The smallest absolute Gasteiger partial charge is 0.448 e. The van der Waals surface area contributed by atoms with E-state index in [1.54, 1.807) is 18.7 Å². The molecule has 1 fully saturated rings. The van der Waals surface area contributed by atoms with E-state index in [9.17, 15) is 17.7 Å². The Kier molecular flexibility index (Phi) is 9.99. The fraction of sp³-hybridized carbons (Fsp3) is 0.345. The third-order valence-corrected chi connectivity index (χ3v) is 9.67. The van der Waals surface area contributed by atoms with Crippen LogP contribution in [-0.2, 0) is 11.3 Å². The second-order valence-corrected chi connectivity index (χ2v) is 11.3. The number of ether oxygens (including phenoxy) is 1. The van der Waals surface area contributed by atoms with Gasteiger partial charge in [-0.2, -0.15) is 0 Å². The maximum atomic E-state index is 13.9. The summed E-state index contributed by atoms with van der Waals surface area (Å²) in [7, 11) is 0. The number of halogens is 4. The quantitative estimate of drug-likeness (QED) is 0.308. The molecule has 3 aromatic carbocycles. The van der Waals surface area contributed by atoms with Crippen LogP contribution < -0.4 is 56.8 Å². The number of fused-ring (bicyclic) bond motifs is 3. The van der Waals surface area contributed by atoms with Crippen molar-refractivity contribution >= 4 is 41.1 Å². The molecule has 1 heterocycles. The largest absolute Gasteiger partial charge is 1.00 e. The number of rotatable bonds is 5. The third kappa shape index (κ3) is 6.17. The summed E-state index contributed by atoms with van der Waals surface area (Å²) in [5.74, 6) is 0.00651. The summed E-state index contributed by atoms with van der Waals surface area (Å²) >= 11 is 2.03. The molecule has 0 saturated carbocycles. The van der Waals surface area contributed by atoms with Crippen LogP contribution in [0.2, 0.25) is 0 Å². The second-order valence-electron chi connectivity index (χ2n) is 10.2. The topological polar surface area (TPSA) is 32.8 Å². The molecule has 1 aliphatic carbocycles. The Balaban J connectivity index is 0.00000353. The molecule has 4 nitrogen and oxygen atoms in total. The minimum absolute atomic E-state index is 0. The van der Waals surface area contributed by atoms with Crippen LogP contribution in [0.25, 0.3) is 11.1 Å². The Labute approximate surface area is 284 Å². The summed E-state index contributed by atoms with van der Waals surface area (Å²) in [6.07, 6.45) is -0.342. The first-order chi connectivity index (χ1) is 18.1. The van der Waals surface area contributed by atoms with Gasteiger partial charge in [-0.3, -0.25) is 4.90 Å². The number of carbonyl (C=O) groups is 1. The van der Waals surface area contributed by atoms with Crippen LogP contribution in [0.4, 0.5) is 17.7 Å². The van der Waals surface area contributed by atoms with E-state index in [1.807, 2.05) is 53.8 Å². The van der Waals surface area contributed by atoms with Gasteiger partial charge >= 0.3 is 64.5 Å². The summed E-state index contributed by atoms with van der Waals surface area (Å²) in [4.78, 5) is 16.8. The summed E-state index contributed by atoms with van der Waals surface area (Å²) in [5, 5.41) is 0. The minimum atomic E-state index is -5.10. The average Bonchev–Trinajstić information content (AvgIpc) is 3.22. The maximum absolute atomic E-state index is 13.9. The monoisotopic (exact) mass is 672 g/mol. The molecule has 2 aliphatic rings. The molecule has 10 heteroatoms. The molecule has 0 radical (unpaired) electrons. The molecule has 0 atom stereocenters. The molecule has 0 bridgehead atoms. The molecule has 0 aromatic heterocycles. The molecule has 200 valence electrons. The first-order valence-corrected chi connectivity index (χ1v) is 14.0. The van der Waals surface area contributed by atoms with Gasteiger partial charge < -0.3 is 22.6 Å². The first-order valence-electron chi connectivity index (χ1n) is 12.9. The van der Waals surface area contributed by atoms with Crippen molar-refractivity contribution < 1.29 is 73.9 Å². The fourth-order valence-corrected chi connectivity index (χ4v) is 6.60. The van der Waals surface area contributed by atoms with Crippen LogP contribution >= 0.6 is 22.6 Å². The molecular weight excluding hydrogens is 642 g/mol. The van der Waals surface area contributed by atoms with Crippen molar-refractivity contribution in [3.63, 3.8) is 0 Å². The summed E-state index contributed by atoms with van der Waals surface area (Å²) in [5.41, 5.74) is 6.53. The van der Waals surface area contributed by atoms with Crippen molar-refractivity contribution in [3.05, 3.63) is 85.5 Å². The Hall–Kier alpha value is -0.889. The summed E-state index contributed by atoms with van der Waals surface area (Å²) < 4.78 is 48.0. The predicted molar refractivity (Wildman–Crippen MR) is 154 cm³/mol. The fourth-order valence-electron chi connectivity index (χ4n) is 5.98. The number of hydrogen-bond acceptors (Lipinski definition) is 3. The average molecular weight is 672 g/mol. The standard InChI is InChI=1S/C29H30BF3IN2O2.K/c1-18-25(19(2)28(34)20(3)27(18)30(31,32)33)16-35-12-14-36(15-13-35)29(37)38-17-26-23-10-6-4-8-21(23)22-9-5-7-11-24(22)26;/h4-11,26H,12-17H2,1-3H3;/q-1;+1. The van der Waals surface area contributed by atoms with E-state index in [0.717, 1.165) is 11.1 Å². The first kappa shape index (κ1) is 31.1. The Morgan fingerprint density at radius 1 is 0.897 bits per heavy atom. The zero-order chi connectivity index (χ0) is 27.2. The van der Waals surface area contributed by atoms with Crippen molar-refractivity contribution in [2.24, 2.45) is 0 Å². The van der Waals surface area contributed by atoms with Gasteiger partial charge in [-0.1, -0.05) is 59.7 Å². The van der Waals surface area contributed by atoms with E-state index in [0.29, 0.717) is 47.4 Å². The Bertz CT molecular complexity index is 1350. The molecule has 5 rings (SSSR count). The number of hydrogen-bond donors (Lipinski definition) is 0. The molecule has 0 N–H and O–H groups in total. The van der Waals surface area contributed by atoms with Crippen LogP contribution in [-0.4, -0.2) is 55.7 Å². The Morgan fingerprint density at radius 3 is 1.97 bits per heavy atom. The van der Waals surface area contributed by atoms with E-state index in [1.165, 1.54) is 22.3 Å². The molecule has 1 saturated heterocycles. The molecular formula is C29H30BF3IKN2O2. The van der Waals surface area contributed by atoms with Crippen LogP contribution in [0.3, 0.4) is 0 Å².